The summed E-state index contributed by atoms with van der Waals surface area (Å²) in [7, 11) is -3.83. The van der Waals surface area contributed by atoms with Gasteiger partial charge < -0.3 is 0 Å². The van der Waals surface area contributed by atoms with Gasteiger partial charge in [0.05, 0.1) is 5.52 Å². The first-order chi connectivity index (χ1) is 9.50. The maximum atomic E-state index is 12.6. The van der Waals surface area contributed by atoms with Crippen LogP contribution in [0.25, 0.3) is 10.9 Å². The number of nitrogens with one attached hydrogen (secondary N) is 1. The van der Waals surface area contributed by atoms with Gasteiger partial charge in [0, 0.05) is 17.6 Å². The number of hydrogen-bond donors (Lipinski definition) is 1. The van der Waals surface area contributed by atoms with E-state index in [1.165, 1.54) is 10.0 Å². The molecule has 0 aliphatic carbocycles. The quantitative estimate of drug-likeness (QED) is 0.770. The Hall–Kier alpha value is -2.41. The number of hydrogen-bond acceptors (Lipinski definition) is 4. The zero-order valence-corrected chi connectivity index (χ0v) is 11.4. The van der Waals surface area contributed by atoms with E-state index in [4.69, 9.17) is 0 Å². The lowest BCUT2D eigenvalue weighted by Crippen LogP contribution is -2.17. The third-order valence-electron chi connectivity index (χ3n) is 3.05. The molecule has 20 heavy (non-hydrogen) atoms. The maximum Gasteiger partial charge on any atom is 0.287 e. The maximum absolute atomic E-state index is 12.6. The summed E-state index contributed by atoms with van der Waals surface area (Å²) in [6.45, 7) is 1.84. The smallest absolute Gasteiger partial charge is 0.268 e. The van der Waals surface area contributed by atoms with Crippen LogP contribution in [0.1, 0.15) is 5.56 Å². The molecule has 0 saturated heterocycles. The predicted molar refractivity (Wildman–Crippen MR) is 74.1 cm³/mol. The van der Waals surface area contributed by atoms with Crippen LogP contribution in [0, 0.1) is 6.92 Å². The monoisotopic (exact) mass is 289 g/mol. The topological polar surface area (TPSA) is 84.8 Å². The molecule has 0 fully saturated rings. The second-order valence-electron chi connectivity index (χ2n) is 4.39. The van der Waals surface area contributed by atoms with Gasteiger partial charge in [-0.25, -0.2) is 9.07 Å². The summed E-state index contributed by atoms with van der Waals surface area (Å²) in [6.07, 6.45) is 1.55. The van der Waals surface area contributed by atoms with E-state index in [9.17, 15) is 13.2 Å². The van der Waals surface area contributed by atoms with Gasteiger partial charge in [-0.05, 0) is 24.6 Å². The molecule has 3 rings (SSSR count). The van der Waals surface area contributed by atoms with Crippen LogP contribution in [0.2, 0.25) is 0 Å². The molecular weight excluding hydrogens is 278 g/mol. The number of aryl methyl sites for hydroxylation is 1. The fraction of sp³-hybridized carbons (Fsp3) is 0.0769. The highest BCUT2D eigenvalue weighted by molar-refractivity contribution is 7.90. The van der Waals surface area contributed by atoms with Gasteiger partial charge in [0.2, 0.25) is 0 Å². The highest BCUT2D eigenvalue weighted by Crippen LogP contribution is 2.24. The van der Waals surface area contributed by atoms with Gasteiger partial charge in [-0.3, -0.25) is 4.79 Å². The summed E-state index contributed by atoms with van der Waals surface area (Å²) in [5.74, 6) is 0. The Morgan fingerprint density at radius 3 is 2.60 bits per heavy atom. The van der Waals surface area contributed by atoms with Gasteiger partial charge >= 0.3 is 0 Å². The lowest BCUT2D eigenvalue weighted by molar-refractivity contribution is 0.582. The van der Waals surface area contributed by atoms with Gasteiger partial charge in [-0.1, -0.05) is 18.2 Å². The molecule has 0 amide bonds. The number of aromatic nitrogens is 3. The standard InChI is InChI=1S/C13H11N3O3S/c1-9-8-16(11-5-3-2-4-10(9)11)20(18,19)13-7-6-12(17)14-15-13/h2-8H,1H3,(H,14,17). The molecule has 0 spiro atoms. The van der Waals surface area contributed by atoms with Crippen LogP contribution in [-0.2, 0) is 10.0 Å². The molecule has 0 bridgehead atoms. The van der Waals surface area contributed by atoms with Crippen LogP contribution in [0.3, 0.4) is 0 Å². The third-order valence-corrected chi connectivity index (χ3v) is 4.63. The Morgan fingerprint density at radius 1 is 1.15 bits per heavy atom. The van der Waals surface area contributed by atoms with Crippen LogP contribution in [-0.4, -0.2) is 22.6 Å². The van der Waals surface area contributed by atoms with Crippen molar-refractivity contribution in [1.29, 1.82) is 0 Å². The lowest BCUT2D eigenvalue weighted by atomic mass is 10.2. The van der Waals surface area contributed by atoms with Gasteiger partial charge in [0.1, 0.15) is 0 Å². The van der Waals surface area contributed by atoms with Crippen molar-refractivity contribution in [2.75, 3.05) is 0 Å². The number of rotatable bonds is 2. The normalized spacial score (nSPS) is 11.8. The first-order valence-electron chi connectivity index (χ1n) is 5.88. The van der Waals surface area contributed by atoms with Crippen LogP contribution in [0.5, 0.6) is 0 Å². The molecule has 0 saturated carbocycles. The molecule has 0 atom stereocenters. The molecule has 6 nitrogen and oxygen atoms in total. The lowest BCUT2D eigenvalue weighted by Gasteiger charge is -2.05. The molecule has 0 aliphatic rings. The van der Waals surface area contributed by atoms with Gasteiger partial charge in [-0.2, -0.15) is 13.5 Å². The highest BCUT2D eigenvalue weighted by Gasteiger charge is 2.21. The SMILES string of the molecule is Cc1cn(S(=O)(=O)c2ccc(=O)[nH]n2)c2ccccc12. The third kappa shape index (κ3) is 1.83. The van der Waals surface area contributed by atoms with Gasteiger partial charge in [0.25, 0.3) is 15.6 Å². The minimum absolute atomic E-state index is 0.196. The Kier molecular flexibility index (Phi) is 2.72. The van der Waals surface area contributed by atoms with Crippen molar-refractivity contribution in [2.24, 2.45) is 0 Å². The zero-order valence-electron chi connectivity index (χ0n) is 10.6. The van der Waals surface area contributed by atoms with E-state index < -0.39 is 15.6 Å². The van der Waals surface area contributed by atoms with Crippen molar-refractivity contribution >= 4 is 20.9 Å². The van der Waals surface area contributed by atoms with Crippen molar-refractivity contribution in [1.82, 2.24) is 14.2 Å². The molecule has 0 unspecified atom stereocenters. The average Bonchev–Trinajstić information content (AvgIpc) is 2.78. The number of aromatic amines is 1. The highest BCUT2D eigenvalue weighted by atomic mass is 32.2. The van der Waals surface area contributed by atoms with Crippen LogP contribution in [0.4, 0.5) is 0 Å². The number of nitrogens with zero attached hydrogens (tertiary/aromatic N) is 2. The summed E-state index contributed by atoms with van der Waals surface area (Å²) in [4.78, 5) is 11.0. The van der Waals surface area contributed by atoms with Crippen LogP contribution in [0.15, 0.2) is 52.4 Å². The molecule has 0 radical (unpaired) electrons. The summed E-state index contributed by atoms with van der Waals surface area (Å²) in [5, 5.41) is 6.39. The van der Waals surface area contributed by atoms with E-state index >= 15 is 0 Å². The second kappa shape index (κ2) is 4.31. The van der Waals surface area contributed by atoms with Crippen molar-refractivity contribution in [3.8, 4) is 0 Å². The van der Waals surface area contributed by atoms with Crippen molar-refractivity contribution in [2.45, 2.75) is 11.9 Å². The predicted octanol–water partition coefficient (Wildman–Crippen LogP) is 1.27. The summed E-state index contributed by atoms with van der Waals surface area (Å²) < 4.78 is 26.3. The zero-order chi connectivity index (χ0) is 14.3. The number of para-hydroxylation sites is 1. The molecule has 102 valence electrons. The summed E-state index contributed by atoms with van der Waals surface area (Å²) >= 11 is 0. The van der Waals surface area contributed by atoms with E-state index in [1.54, 1.807) is 18.3 Å². The number of fused-ring (bicyclic) bond motifs is 1. The summed E-state index contributed by atoms with van der Waals surface area (Å²) in [5.41, 5.74) is 0.990. The fourth-order valence-electron chi connectivity index (χ4n) is 2.09. The summed E-state index contributed by atoms with van der Waals surface area (Å²) in [6, 6.07) is 9.54. The molecule has 1 aromatic carbocycles. The molecule has 1 N–H and O–H groups in total. The molecule has 3 aromatic rings. The Morgan fingerprint density at radius 2 is 1.90 bits per heavy atom. The van der Waals surface area contributed by atoms with E-state index in [0.717, 1.165) is 17.0 Å². The molecule has 7 heteroatoms. The average molecular weight is 289 g/mol. The number of benzene rings is 1. The van der Waals surface area contributed by atoms with E-state index in [0.29, 0.717) is 5.52 Å². The molecule has 0 aliphatic heterocycles. The Balaban J connectivity index is 2.29. The first-order valence-corrected chi connectivity index (χ1v) is 7.32. The van der Waals surface area contributed by atoms with E-state index in [2.05, 4.69) is 10.2 Å². The Bertz CT molecular complexity index is 934. The molecule has 2 heterocycles. The largest absolute Gasteiger partial charge is 0.287 e. The minimum Gasteiger partial charge on any atom is -0.268 e. The minimum atomic E-state index is -3.83. The first kappa shape index (κ1) is 12.6. The second-order valence-corrected chi connectivity index (χ2v) is 6.15. The fourth-order valence-corrected chi connectivity index (χ4v) is 3.41. The van der Waals surface area contributed by atoms with Crippen molar-refractivity contribution in [3.63, 3.8) is 0 Å². The van der Waals surface area contributed by atoms with E-state index in [-0.39, 0.29) is 5.03 Å². The van der Waals surface area contributed by atoms with Crippen molar-refractivity contribution in [3.05, 3.63) is 58.5 Å². The molecular formula is C13H11N3O3S. The van der Waals surface area contributed by atoms with Gasteiger partial charge in [-0.15, -0.1) is 0 Å². The van der Waals surface area contributed by atoms with Gasteiger partial charge in [0.15, 0.2) is 5.03 Å². The van der Waals surface area contributed by atoms with E-state index in [1.807, 2.05) is 19.1 Å². The molecule has 2 aromatic heterocycles. The van der Waals surface area contributed by atoms with Crippen LogP contribution < -0.4 is 5.56 Å². The van der Waals surface area contributed by atoms with Crippen molar-refractivity contribution < 1.29 is 8.42 Å². The number of H-pyrrole nitrogens is 1. The van der Waals surface area contributed by atoms with Crippen LogP contribution >= 0.6 is 0 Å². The Labute approximate surface area is 114 Å².